The summed E-state index contributed by atoms with van der Waals surface area (Å²) in [7, 11) is -1.19. The summed E-state index contributed by atoms with van der Waals surface area (Å²) in [6.45, 7) is 14.3. The van der Waals surface area contributed by atoms with Crippen molar-refractivity contribution < 1.29 is 23.7 Å². The van der Waals surface area contributed by atoms with Gasteiger partial charge in [-0.1, -0.05) is 56.0 Å². The number of benzene rings is 1. The molecule has 0 radical (unpaired) electrons. The Kier molecular flexibility index (Phi) is 9.98. The third-order valence-corrected chi connectivity index (χ3v) is 9.28. The molecule has 1 aliphatic carbocycles. The first-order valence-electron chi connectivity index (χ1n) is 15.5. The van der Waals surface area contributed by atoms with Crippen LogP contribution in [0.1, 0.15) is 37.8 Å². The molecule has 0 unspecified atom stereocenters. The first-order valence-corrected chi connectivity index (χ1v) is 19.2. The van der Waals surface area contributed by atoms with Gasteiger partial charge < -0.3 is 18.9 Å². The summed E-state index contributed by atoms with van der Waals surface area (Å²) >= 11 is 0. The number of ether oxygens (including phenoxy) is 4. The molecule has 0 aliphatic heterocycles. The highest BCUT2D eigenvalue weighted by Crippen LogP contribution is 2.47. The molecule has 45 heavy (non-hydrogen) atoms. The van der Waals surface area contributed by atoms with E-state index < -0.39 is 13.5 Å². The van der Waals surface area contributed by atoms with Gasteiger partial charge in [-0.25, -0.2) is 4.98 Å². The number of hydrogen-bond donors (Lipinski definition) is 0. The van der Waals surface area contributed by atoms with Gasteiger partial charge in [0.25, 0.3) is 0 Å². The van der Waals surface area contributed by atoms with Crippen LogP contribution in [0.4, 0.5) is 0 Å². The zero-order valence-corrected chi connectivity index (χ0v) is 28.1. The van der Waals surface area contributed by atoms with Crippen LogP contribution in [0.15, 0.2) is 60.9 Å². The number of aryl methyl sites for hydroxylation is 1. The number of carbonyl (C=O) groups is 1. The molecule has 0 saturated heterocycles. The molecule has 11 heteroatoms. The first kappa shape index (κ1) is 32.3. The van der Waals surface area contributed by atoms with Gasteiger partial charge in [-0.15, -0.1) is 5.10 Å². The molecular weight excluding hydrogens is 586 g/mol. The quantitative estimate of drug-likeness (QED) is 0.0805. The number of carbonyl (C=O) groups excluding carboxylic acids is 1. The van der Waals surface area contributed by atoms with Crippen LogP contribution in [0.2, 0.25) is 25.7 Å². The van der Waals surface area contributed by atoms with E-state index in [2.05, 4.69) is 39.7 Å². The predicted molar refractivity (Wildman–Crippen MR) is 174 cm³/mol. The lowest BCUT2D eigenvalue weighted by atomic mass is 10.0. The van der Waals surface area contributed by atoms with Crippen LogP contribution in [-0.4, -0.2) is 58.1 Å². The van der Waals surface area contributed by atoms with Gasteiger partial charge in [0.1, 0.15) is 31.1 Å². The van der Waals surface area contributed by atoms with E-state index in [0.717, 1.165) is 41.1 Å². The molecule has 4 aromatic rings. The summed E-state index contributed by atoms with van der Waals surface area (Å²) in [6, 6.07) is 16.9. The fourth-order valence-electron chi connectivity index (χ4n) is 4.59. The molecule has 10 nitrogen and oxygen atoms in total. The zero-order chi connectivity index (χ0) is 32.0. The molecule has 0 spiro atoms. The molecule has 0 bridgehead atoms. The minimum atomic E-state index is -1.19. The van der Waals surface area contributed by atoms with Gasteiger partial charge in [-0.05, 0) is 56.9 Å². The van der Waals surface area contributed by atoms with Crippen LogP contribution in [0.3, 0.4) is 0 Å². The van der Waals surface area contributed by atoms with Crippen molar-refractivity contribution in [2.75, 3.05) is 13.2 Å². The third-order valence-electron chi connectivity index (χ3n) is 7.57. The van der Waals surface area contributed by atoms with Crippen molar-refractivity contribution in [2.45, 2.75) is 78.7 Å². The largest absolute Gasteiger partial charge is 0.476 e. The standard InChI is InChI=1S/C34H43N5O5Si/c1-24(2)44-33-37-31(38-39(33)23-41-16-17-45(4,5)6)29-13-12-27(19-35-29)28-20-36-30(18-25(28)3)43-22-34(14-15-34)32(40)42-21-26-10-8-7-9-11-26/h7-13,18-20,24H,14-17,21-23H2,1-6H3. The normalized spacial score (nSPS) is 13.9. The Morgan fingerprint density at radius 1 is 1.04 bits per heavy atom. The SMILES string of the molecule is Cc1cc(OCC2(C(=O)OCc3ccccc3)CC2)ncc1-c1ccc(-c2nc(OC(C)C)n(COCC[Si](C)(C)C)n2)nc1. The summed E-state index contributed by atoms with van der Waals surface area (Å²) < 4.78 is 25.0. The van der Waals surface area contributed by atoms with Crippen LogP contribution < -0.4 is 9.47 Å². The zero-order valence-electron chi connectivity index (χ0n) is 27.1. The van der Waals surface area contributed by atoms with Gasteiger partial charge in [-0.2, -0.15) is 9.67 Å². The highest BCUT2D eigenvalue weighted by molar-refractivity contribution is 6.76. The monoisotopic (exact) mass is 629 g/mol. The summed E-state index contributed by atoms with van der Waals surface area (Å²) in [6.07, 6.45) is 5.01. The number of hydrogen-bond acceptors (Lipinski definition) is 9. The van der Waals surface area contributed by atoms with E-state index >= 15 is 0 Å². The van der Waals surface area contributed by atoms with E-state index in [9.17, 15) is 4.79 Å². The van der Waals surface area contributed by atoms with Crippen molar-refractivity contribution in [1.29, 1.82) is 0 Å². The second-order valence-electron chi connectivity index (χ2n) is 13.1. The number of aromatic nitrogens is 5. The fourth-order valence-corrected chi connectivity index (χ4v) is 5.35. The molecule has 0 amide bonds. The average molecular weight is 630 g/mol. The molecule has 0 N–H and O–H groups in total. The Labute approximate surface area is 266 Å². The number of nitrogens with zero attached hydrogens (tertiary/aromatic N) is 5. The fraction of sp³-hybridized carbons (Fsp3) is 0.441. The summed E-state index contributed by atoms with van der Waals surface area (Å²) in [4.78, 5) is 26.5. The molecule has 5 rings (SSSR count). The van der Waals surface area contributed by atoms with Gasteiger partial charge in [0.05, 0.1) is 6.10 Å². The van der Waals surface area contributed by atoms with Crippen molar-refractivity contribution in [1.82, 2.24) is 24.7 Å². The van der Waals surface area contributed by atoms with Crippen molar-refractivity contribution in [3.05, 3.63) is 72.1 Å². The predicted octanol–water partition coefficient (Wildman–Crippen LogP) is 6.71. The van der Waals surface area contributed by atoms with Gasteiger partial charge >= 0.3 is 12.0 Å². The highest BCUT2D eigenvalue weighted by atomic mass is 28.3. The molecule has 1 aliphatic rings. The summed E-state index contributed by atoms with van der Waals surface area (Å²) in [5.41, 5.74) is 3.83. The van der Waals surface area contributed by atoms with E-state index in [-0.39, 0.29) is 32.0 Å². The van der Waals surface area contributed by atoms with E-state index in [1.54, 1.807) is 17.1 Å². The number of pyridine rings is 2. The van der Waals surface area contributed by atoms with Crippen LogP contribution in [0, 0.1) is 12.3 Å². The number of esters is 1. The number of rotatable bonds is 15. The third kappa shape index (κ3) is 8.76. The summed E-state index contributed by atoms with van der Waals surface area (Å²) in [5, 5.41) is 4.63. The Bertz CT molecular complexity index is 1580. The van der Waals surface area contributed by atoms with E-state index in [1.807, 2.05) is 69.3 Å². The molecule has 1 fully saturated rings. The van der Waals surface area contributed by atoms with E-state index in [1.165, 1.54) is 0 Å². The van der Waals surface area contributed by atoms with E-state index in [4.69, 9.17) is 18.9 Å². The minimum absolute atomic E-state index is 0.0520. The maximum absolute atomic E-state index is 12.8. The molecule has 0 atom stereocenters. The maximum atomic E-state index is 12.8. The van der Waals surface area contributed by atoms with Crippen molar-refractivity contribution in [3.63, 3.8) is 0 Å². The molecule has 3 aromatic heterocycles. The van der Waals surface area contributed by atoms with Gasteiger partial charge in [0.2, 0.25) is 11.7 Å². The average Bonchev–Trinajstić information content (AvgIpc) is 3.71. The molecule has 3 heterocycles. The molecule has 238 valence electrons. The summed E-state index contributed by atoms with van der Waals surface area (Å²) in [5.74, 6) is 0.728. The topological polar surface area (TPSA) is 110 Å². The first-order chi connectivity index (χ1) is 21.5. The molecule has 1 saturated carbocycles. The van der Waals surface area contributed by atoms with Gasteiger partial charge in [0.15, 0.2) is 0 Å². The van der Waals surface area contributed by atoms with Gasteiger partial charge in [-0.3, -0.25) is 9.78 Å². The van der Waals surface area contributed by atoms with Crippen LogP contribution in [0.25, 0.3) is 22.6 Å². The highest BCUT2D eigenvalue weighted by Gasteiger charge is 2.52. The Morgan fingerprint density at radius 2 is 1.82 bits per heavy atom. The van der Waals surface area contributed by atoms with Crippen LogP contribution >= 0.6 is 0 Å². The van der Waals surface area contributed by atoms with Crippen LogP contribution in [-0.2, 0) is 27.6 Å². The maximum Gasteiger partial charge on any atom is 0.317 e. The Balaban J connectivity index is 1.20. The van der Waals surface area contributed by atoms with Gasteiger partial charge in [0, 0.05) is 44.3 Å². The minimum Gasteiger partial charge on any atom is -0.476 e. The van der Waals surface area contributed by atoms with Crippen molar-refractivity contribution in [3.8, 4) is 34.5 Å². The molecular formula is C34H43N5O5Si. The molecule has 1 aromatic carbocycles. The van der Waals surface area contributed by atoms with Crippen molar-refractivity contribution >= 4 is 14.0 Å². The smallest absolute Gasteiger partial charge is 0.317 e. The Morgan fingerprint density at radius 3 is 2.47 bits per heavy atom. The lowest BCUT2D eigenvalue weighted by molar-refractivity contribution is -0.152. The van der Waals surface area contributed by atoms with Crippen LogP contribution in [0.5, 0.6) is 11.9 Å². The lowest BCUT2D eigenvalue weighted by Crippen LogP contribution is -2.26. The second-order valence-corrected chi connectivity index (χ2v) is 18.8. The second kappa shape index (κ2) is 13.9. The van der Waals surface area contributed by atoms with E-state index in [0.29, 0.717) is 30.0 Å². The van der Waals surface area contributed by atoms with Crippen molar-refractivity contribution in [2.24, 2.45) is 5.41 Å². The Hall–Kier alpha value is -4.09. The lowest BCUT2D eigenvalue weighted by Gasteiger charge is -2.16.